The van der Waals surface area contributed by atoms with Gasteiger partial charge in [-0.25, -0.2) is 4.99 Å². The van der Waals surface area contributed by atoms with E-state index in [1.807, 2.05) is 0 Å². The highest BCUT2D eigenvalue weighted by molar-refractivity contribution is 14.0. The van der Waals surface area contributed by atoms with Gasteiger partial charge < -0.3 is 20.3 Å². The Labute approximate surface area is 200 Å². The highest BCUT2D eigenvalue weighted by Gasteiger charge is 2.19. The number of aliphatic imine (C=N–C) groups is 1. The molecule has 1 aromatic rings. The fourth-order valence-corrected chi connectivity index (χ4v) is 3.34. The second-order valence-corrected chi connectivity index (χ2v) is 8.21. The van der Waals surface area contributed by atoms with E-state index in [1.54, 1.807) is 0 Å². The van der Waals surface area contributed by atoms with Crippen molar-refractivity contribution in [2.75, 3.05) is 46.3 Å². The molecule has 0 radical (unpaired) electrons. The van der Waals surface area contributed by atoms with Gasteiger partial charge in [0.1, 0.15) is 5.75 Å². The Morgan fingerprint density at radius 1 is 1.13 bits per heavy atom. The summed E-state index contributed by atoms with van der Waals surface area (Å²) in [5, 5.41) is 6.90. The van der Waals surface area contributed by atoms with Crippen LogP contribution < -0.4 is 15.4 Å². The molecule has 0 amide bonds. The summed E-state index contributed by atoms with van der Waals surface area (Å²) in [6.45, 7) is 17.6. The molecule has 0 bridgehead atoms. The van der Waals surface area contributed by atoms with Gasteiger partial charge in [-0.15, -0.1) is 24.0 Å². The van der Waals surface area contributed by atoms with Gasteiger partial charge in [-0.3, -0.25) is 4.90 Å². The summed E-state index contributed by atoms with van der Waals surface area (Å²) in [5.41, 5.74) is 2.34. The van der Waals surface area contributed by atoms with Crippen LogP contribution in [0.15, 0.2) is 23.2 Å². The SMILES string of the molecule is CCNC(=NCc1ccc(C)cc1OC(C)CC)NCC(C)N1CCN(C)CC1.I. The van der Waals surface area contributed by atoms with Crippen LogP contribution in [0, 0.1) is 6.92 Å². The molecule has 0 aromatic heterocycles. The van der Waals surface area contributed by atoms with E-state index in [2.05, 4.69) is 80.3 Å². The van der Waals surface area contributed by atoms with E-state index in [4.69, 9.17) is 9.73 Å². The molecule has 172 valence electrons. The first-order chi connectivity index (χ1) is 13.9. The molecule has 1 aromatic carbocycles. The molecule has 0 spiro atoms. The minimum Gasteiger partial charge on any atom is -0.490 e. The Morgan fingerprint density at radius 2 is 1.83 bits per heavy atom. The molecule has 2 unspecified atom stereocenters. The largest absolute Gasteiger partial charge is 0.490 e. The molecule has 1 saturated heterocycles. The predicted octanol–water partition coefficient (Wildman–Crippen LogP) is 3.48. The van der Waals surface area contributed by atoms with E-state index in [1.165, 1.54) is 5.56 Å². The van der Waals surface area contributed by atoms with Gasteiger partial charge in [-0.05, 0) is 52.8 Å². The van der Waals surface area contributed by atoms with Gasteiger partial charge in [0.25, 0.3) is 0 Å². The number of nitrogens with zero attached hydrogens (tertiary/aromatic N) is 3. The average molecular weight is 532 g/mol. The molecule has 0 aliphatic carbocycles. The van der Waals surface area contributed by atoms with Crippen LogP contribution in [0.1, 0.15) is 45.2 Å². The molecule has 1 heterocycles. The fourth-order valence-electron chi connectivity index (χ4n) is 3.34. The van der Waals surface area contributed by atoms with Gasteiger partial charge in [-0.2, -0.15) is 0 Å². The van der Waals surface area contributed by atoms with Crippen LogP contribution in [0.4, 0.5) is 0 Å². The van der Waals surface area contributed by atoms with E-state index in [0.717, 1.165) is 63.0 Å². The summed E-state index contributed by atoms with van der Waals surface area (Å²) in [4.78, 5) is 9.77. The van der Waals surface area contributed by atoms with Gasteiger partial charge in [-0.1, -0.05) is 19.1 Å². The first-order valence-corrected chi connectivity index (χ1v) is 11.1. The van der Waals surface area contributed by atoms with E-state index >= 15 is 0 Å². The van der Waals surface area contributed by atoms with Crippen LogP contribution in [0.5, 0.6) is 5.75 Å². The normalized spacial score (nSPS) is 17.7. The monoisotopic (exact) mass is 531 g/mol. The lowest BCUT2D eigenvalue weighted by atomic mass is 10.1. The quantitative estimate of drug-likeness (QED) is 0.291. The smallest absolute Gasteiger partial charge is 0.191 e. The lowest BCUT2D eigenvalue weighted by Gasteiger charge is -2.36. The highest BCUT2D eigenvalue weighted by Crippen LogP contribution is 2.23. The number of hydrogen-bond donors (Lipinski definition) is 2. The predicted molar refractivity (Wildman–Crippen MR) is 138 cm³/mol. The maximum Gasteiger partial charge on any atom is 0.191 e. The van der Waals surface area contributed by atoms with E-state index in [0.29, 0.717) is 12.6 Å². The molecule has 6 nitrogen and oxygen atoms in total. The van der Waals surface area contributed by atoms with Crippen LogP contribution in [0.2, 0.25) is 0 Å². The van der Waals surface area contributed by atoms with Crippen molar-refractivity contribution >= 4 is 29.9 Å². The van der Waals surface area contributed by atoms with Crippen LogP contribution in [-0.4, -0.2) is 74.2 Å². The maximum atomic E-state index is 6.13. The number of aryl methyl sites for hydroxylation is 1. The Bertz CT molecular complexity index is 646. The Morgan fingerprint density at radius 3 is 2.47 bits per heavy atom. The zero-order chi connectivity index (χ0) is 21.2. The summed E-state index contributed by atoms with van der Waals surface area (Å²) in [6.07, 6.45) is 1.20. The number of halogens is 1. The van der Waals surface area contributed by atoms with Gasteiger partial charge in [0.15, 0.2) is 5.96 Å². The molecular weight excluding hydrogens is 489 g/mol. The summed E-state index contributed by atoms with van der Waals surface area (Å²) in [6, 6.07) is 6.86. The third-order valence-corrected chi connectivity index (χ3v) is 5.60. The molecular formula is C23H42IN5O. The van der Waals surface area contributed by atoms with Gasteiger partial charge >= 0.3 is 0 Å². The molecule has 7 heteroatoms. The van der Waals surface area contributed by atoms with E-state index in [-0.39, 0.29) is 30.1 Å². The summed E-state index contributed by atoms with van der Waals surface area (Å²) >= 11 is 0. The number of benzene rings is 1. The second-order valence-electron chi connectivity index (χ2n) is 8.21. The number of guanidine groups is 1. The molecule has 1 aliphatic rings. The van der Waals surface area contributed by atoms with Crippen LogP contribution in [0.3, 0.4) is 0 Å². The van der Waals surface area contributed by atoms with Crippen molar-refractivity contribution in [2.24, 2.45) is 4.99 Å². The minimum absolute atomic E-state index is 0. The maximum absolute atomic E-state index is 6.13. The Kier molecular flexibility index (Phi) is 12.7. The second kappa shape index (κ2) is 14.1. The standard InChI is InChI=1S/C23H41N5O.HI/c1-7-20(5)29-22-15-18(3)9-10-21(22)17-26-23(24-8-2)25-16-19(4)28-13-11-27(6)12-14-28;/h9-10,15,19-20H,7-8,11-14,16-17H2,1-6H3,(H2,24,25,26);1H. The Balaban J connectivity index is 0.00000450. The highest BCUT2D eigenvalue weighted by atomic mass is 127. The number of nitrogens with one attached hydrogen (secondary N) is 2. The van der Waals surface area contributed by atoms with Gasteiger partial charge in [0.05, 0.1) is 12.6 Å². The first-order valence-electron chi connectivity index (χ1n) is 11.1. The van der Waals surface area contributed by atoms with Gasteiger partial charge in [0.2, 0.25) is 0 Å². The number of rotatable bonds is 9. The molecule has 2 atom stereocenters. The van der Waals surface area contributed by atoms with Gasteiger partial charge in [0, 0.05) is 50.9 Å². The number of hydrogen-bond acceptors (Lipinski definition) is 4. The third kappa shape index (κ3) is 8.98. The average Bonchev–Trinajstić information content (AvgIpc) is 2.71. The molecule has 30 heavy (non-hydrogen) atoms. The Hall–Kier alpha value is -1.06. The van der Waals surface area contributed by atoms with Crippen LogP contribution >= 0.6 is 24.0 Å². The van der Waals surface area contributed by atoms with Crippen molar-refractivity contribution in [2.45, 2.75) is 59.7 Å². The lowest BCUT2D eigenvalue weighted by molar-refractivity contribution is 0.120. The number of piperazine rings is 1. The first kappa shape index (κ1) is 27.0. The molecule has 1 aliphatic heterocycles. The van der Waals surface area contributed by atoms with Crippen LogP contribution in [0.25, 0.3) is 0 Å². The van der Waals surface area contributed by atoms with E-state index in [9.17, 15) is 0 Å². The third-order valence-electron chi connectivity index (χ3n) is 5.60. The zero-order valence-electron chi connectivity index (χ0n) is 19.7. The topological polar surface area (TPSA) is 52.1 Å². The zero-order valence-corrected chi connectivity index (χ0v) is 22.0. The molecule has 1 fully saturated rings. The minimum atomic E-state index is 0. The molecule has 2 N–H and O–H groups in total. The van der Waals surface area contributed by atoms with Crippen molar-refractivity contribution in [1.82, 2.24) is 20.4 Å². The van der Waals surface area contributed by atoms with Crippen LogP contribution in [-0.2, 0) is 6.54 Å². The van der Waals surface area contributed by atoms with Crippen molar-refractivity contribution in [3.05, 3.63) is 29.3 Å². The lowest BCUT2D eigenvalue weighted by Crippen LogP contribution is -2.52. The fraction of sp³-hybridized carbons (Fsp3) is 0.696. The molecule has 2 rings (SSSR count). The van der Waals surface area contributed by atoms with Crippen molar-refractivity contribution < 1.29 is 4.74 Å². The number of ether oxygens (including phenoxy) is 1. The van der Waals surface area contributed by atoms with Crippen molar-refractivity contribution in [3.8, 4) is 5.75 Å². The molecule has 0 saturated carbocycles. The summed E-state index contributed by atoms with van der Waals surface area (Å²) in [7, 11) is 2.19. The van der Waals surface area contributed by atoms with E-state index < -0.39 is 0 Å². The summed E-state index contributed by atoms with van der Waals surface area (Å²) in [5.74, 6) is 1.81. The number of likely N-dealkylation sites (N-methyl/N-ethyl adjacent to an activating group) is 1. The van der Waals surface area contributed by atoms with Crippen molar-refractivity contribution in [3.63, 3.8) is 0 Å². The summed E-state index contributed by atoms with van der Waals surface area (Å²) < 4.78 is 6.13. The van der Waals surface area contributed by atoms with Crippen molar-refractivity contribution in [1.29, 1.82) is 0 Å².